The van der Waals surface area contributed by atoms with Crippen LogP contribution in [0.2, 0.25) is 5.02 Å². The van der Waals surface area contributed by atoms with E-state index >= 15 is 0 Å². The van der Waals surface area contributed by atoms with Crippen molar-refractivity contribution >= 4 is 23.2 Å². The predicted molar refractivity (Wildman–Crippen MR) is 110 cm³/mol. The summed E-state index contributed by atoms with van der Waals surface area (Å²) in [5.74, 6) is 0.990. The second-order valence-electron chi connectivity index (χ2n) is 6.65. The Balaban J connectivity index is 1.39. The number of hydrogen-bond donors (Lipinski definition) is 1. The maximum absolute atomic E-state index is 12.1. The van der Waals surface area contributed by atoms with Gasteiger partial charge in [0.2, 0.25) is 5.91 Å². The zero-order chi connectivity index (χ0) is 19.1. The quantitative estimate of drug-likeness (QED) is 0.792. The molecule has 0 atom stereocenters. The average Bonchev–Trinajstić information content (AvgIpc) is 2.72. The summed E-state index contributed by atoms with van der Waals surface area (Å²) < 4.78 is 5.46. The smallest absolute Gasteiger partial charge is 0.221 e. The van der Waals surface area contributed by atoms with Crippen molar-refractivity contribution in [1.82, 2.24) is 10.2 Å². The molecule has 0 unspecified atom stereocenters. The molecule has 5 nitrogen and oxygen atoms in total. The molecule has 2 aromatic rings. The van der Waals surface area contributed by atoms with Crippen LogP contribution in [-0.4, -0.2) is 50.6 Å². The monoisotopic (exact) mass is 387 g/mol. The summed E-state index contributed by atoms with van der Waals surface area (Å²) in [6.07, 6.45) is 0.516. The lowest BCUT2D eigenvalue weighted by molar-refractivity contribution is -0.121. The molecule has 0 saturated carbocycles. The third-order valence-corrected chi connectivity index (χ3v) is 5.11. The van der Waals surface area contributed by atoms with E-state index in [4.69, 9.17) is 16.3 Å². The number of hydrogen-bond acceptors (Lipinski definition) is 4. The SMILES string of the molecule is COc1ccccc1N1CCN(CCC(=O)NCc2ccc(Cl)cc2)CC1. The van der Waals surface area contributed by atoms with Crippen LogP contribution in [0.5, 0.6) is 5.75 Å². The third kappa shape index (κ3) is 5.62. The summed E-state index contributed by atoms with van der Waals surface area (Å²) in [4.78, 5) is 16.8. The summed E-state index contributed by atoms with van der Waals surface area (Å²) in [6.45, 7) is 5.09. The molecule has 1 aliphatic heterocycles. The number of nitrogens with zero attached hydrogens (tertiary/aromatic N) is 2. The van der Waals surface area contributed by atoms with Gasteiger partial charge in [0, 0.05) is 50.7 Å². The number of carbonyl (C=O) groups is 1. The molecule has 6 heteroatoms. The molecule has 1 aliphatic rings. The van der Waals surface area contributed by atoms with Crippen LogP contribution >= 0.6 is 11.6 Å². The number of ether oxygens (including phenoxy) is 1. The van der Waals surface area contributed by atoms with Gasteiger partial charge in [0.05, 0.1) is 12.8 Å². The van der Waals surface area contributed by atoms with Gasteiger partial charge in [-0.25, -0.2) is 0 Å². The van der Waals surface area contributed by atoms with Crippen LogP contribution in [0, 0.1) is 0 Å². The van der Waals surface area contributed by atoms with Gasteiger partial charge in [-0.1, -0.05) is 35.9 Å². The van der Waals surface area contributed by atoms with Gasteiger partial charge in [-0.3, -0.25) is 9.69 Å². The van der Waals surface area contributed by atoms with Crippen molar-refractivity contribution in [2.24, 2.45) is 0 Å². The molecule has 144 valence electrons. The summed E-state index contributed by atoms with van der Waals surface area (Å²) in [5, 5.41) is 3.68. The van der Waals surface area contributed by atoms with Crippen molar-refractivity contribution in [1.29, 1.82) is 0 Å². The number of nitrogens with one attached hydrogen (secondary N) is 1. The fourth-order valence-corrected chi connectivity index (χ4v) is 3.38. The minimum absolute atomic E-state index is 0.0807. The highest BCUT2D eigenvalue weighted by atomic mass is 35.5. The van der Waals surface area contributed by atoms with E-state index in [2.05, 4.69) is 21.2 Å². The summed E-state index contributed by atoms with van der Waals surface area (Å²) >= 11 is 5.87. The third-order valence-electron chi connectivity index (χ3n) is 4.86. The molecule has 0 spiro atoms. The van der Waals surface area contributed by atoms with E-state index in [1.54, 1.807) is 7.11 Å². The van der Waals surface area contributed by atoms with E-state index in [1.165, 1.54) is 0 Å². The van der Waals surface area contributed by atoms with Crippen LogP contribution in [-0.2, 0) is 11.3 Å². The number of piperazine rings is 1. The molecule has 1 heterocycles. The molecule has 1 fully saturated rings. The predicted octanol–water partition coefficient (Wildman–Crippen LogP) is 3.18. The molecule has 0 aliphatic carbocycles. The van der Waals surface area contributed by atoms with Crippen molar-refractivity contribution in [2.75, 3.05) is 44.7 Å². The van der Waals surface area contributed by atoms with Crippen LogP contribution in [0.3, 0.4) is 0 Å². The normalized spacial score (nSPS) is 14.8. The van der Waals surface area contributed by atoms with Crippen LogP contribution in [0.15, 0.2) is 48.5 Å². The van der Waals surface area contributed by atoms with E-state index < -0.39 is 0 Å². The molecule has 0 aromatic heterocycles. The number of amides is 1. The fourth-order valence-electron chi connectivity index (χ4n) is 3.25. The van der Waals surface area contributed by atoms with E-state index in [9.17, 15) is 4.79 Å². The molecular formula is C21H26ClN3O2. The lowest BCUT2D eigenvalue weighted by atomic mass is 10.2. The van der Waals surface area contributed by atoms with Gasteiger partial charge in [-0.15, -0.1) is 0 Å². The highest BCUT2D eigenvalue weighted by Gasteiger charge is 2.19. The Morgan fingerprint density at radius 2 is 1.78 bits per heavy atom. The minimum atomic E-state index is 0.0807. The number of para-hydroxylation sites is 2. The molecule has 1 amide bonds. The molecule has 2 aromatic carbocycles. The second kappa shape index (κ2) is 9.62. The summed E-state index contributed by atoms with van der Waals surface area (Å²) in [5.41, 5.74) is 2.19. The topological polar surface area (TPSA) is 44.8 Å². The molecule has 0 bridgehead atoms. The Morgan fingerprint density at radius 3 is 2.48 bits per heavy atom. The summed E-state index contributed by atoms with van der Waals surface area (Å²) in [6, 6.07) is 15.6. The van der Waals surface area contributed by atoms with Crippen LogP contribution in [0.25, 0.3) is 0 Å². The van der Waals surface area contributed by atoms with E-state index in [1.807, 2.05) is 42.5 Å². The maximum atomic E-state index is 12.1. The molecule has 0 radical (unpaired) electrons. The zero-order valence-electron chi connectivity index (χ0n) is 15.7. The van der Waals surface area contributed by atoms with Crippen LogP contribution < -0.4 is 15.0 Å². The highest BCUT2D eigenvalue weighted by Crippen LogP contribution is 2.28. The van der Waals surface area contributed by atoms with Gasteiger partial charge in [0.25, 0.3) is 0 Å². The first kappa shape index (κ1) is 19.5. The fraction of sp³-hybridized carbons (Fsp3) is 0.381. The Morgan fingerprint density at radius 1 is 1.07 bits per heavy atom. The van der Waals surface area contributed by atoms with Crippen molar-refractivity contribution in [3.63, 3.8) is 0 Å². The van der Waals surface area contributed by atoms with Gasteiger partial charge >= 0.3 is 0 Å². The largest absolute Gasteiger partial charge is 0.495 e. The highest BCUT2D eigenvalue weighted by molar-refractivity contribution is 6.30. The Kier molecular flexibility index (Phi) is 6.96. The van der Waals surface area contributed by atoms with E-state index in [-0.39, 0.29) is 5.91 Å². The van der Waals surface area contributed by atoms with Crippen molar-refractivity contribution in [2.45, 2.75) is 13.0 Å². The van der Waals surface area contributed by atoms with Gasteiger partial charge in [-0.05, 0) is 29.8 Å². The minimum Gasteiger partial charge on any atom is -0.495 e. The Hall–Kier alpha value is -2.24. The van der Waals surface area contributed by atoms with E-state index in [0.29, 0.717) is 18.0 Å². The standard InChI is InChI=1S/C21H26ClN3O2/c1-27-20-5-3-2-4-19(20)25-14-12-24(13-15-25)11-10-21(26)23-16-17-6-8-18(22)9-7-17/h2-9H,10-16H2,1H3,(H,23,26). The molecule has 1 N–H and O–H groups in total. The number of benzene rings is 2. The van der Waals surface area contributed by atoms with Gasteiger partial charge in [0.15, 0.2) is 0 Å². The van der Waals surface area contributed by atoms with Crippen LogP contribution in [0.4, 0.5) is 5.69 Å². The first-order chi connectivity index (χ1) is 13.2. The lowest BCUT2D eigenvalue weighted by Gasteiger charge is -2.36. The number of carbonyl (C=O) groups excluding carboxylic acids is 1. The molecule has 27 heavy (non-hydrogen) atoms. The first-order valence-corrected chi connectivity index (χ1v) is 9.65. The Labute approximate surface area is 165 Å². The average molecular weight is 388 g/mol. The second-order valence-corrected chi connectivity index (χ2v) is 7.09. The lowest BCUT2D eigenvalue weighted by Crippen LogP contribution is -2.47. The van der Waals surface area contributed by atoms with Gasteiger partial charge < -0.3 is 15.0 Å². The summed E-state index contributed by atoms with van der Waals surface area (Å²) in [7, 11) is 1.71. The number of anilines is 1. The van der Waals surface area contributed by atoms with E-state index in [0.717, 1.165) is 49.7 Å². The number of rotatable bonds is 7. The van der Waals surface area contributed by atoms with Crippen molar-refractivity contribution < 1.29 is 9.53 Å². The first-order valence-electron chi connectivity index (χ1n) is 9.27. The molecular weight excluding hydrogens is 362 g/mol. The number of methoxy groups -OCH3 is 1. The molecule has 3 rings (SSSR count). The Bertz CT molecular complexity index is 743. The maximum Gasteiger partial charge on any atom is 0.221 e. The van der Waals surface area contributed by atoms with Crippen molar-refractivity contribution in [3.8, 4) is 5.75 Å². The van der Waals surface area contributed by atoms with Crippen LogP contribution in [0.1, 0.15) is 12.0 Å². The van der Waals surface area contributed by atoms with Gasteiger partial charge in [-0.2, -0.15) is 0 Å². The van der Waals surface area contributed by atoms with Gasteiger partial charge in [0.1, 0.15) is 5.75 Å². The van der Waals surface area contributed by atoms with Crippen molar-refractivity contribution in [3.05, 3.63) is 59.1 Å². The molecule has 1 saturated heterocycles. The zero-order valence-corrected chi connectivity index (χ0v) is 16.4. The number of halogens is 1.